The lowest BCUT2D eigenvalue weighted by Gasteiger charge is -2.20. The average molecular weight is 379 g/mol. The number of hydrogen-bond acceptors (Lipinski definition) is 5. The van der Waals surface area contributed by atoms with E-state index in [4.69, 9.17) is 20.8 Å². The van der Waals surface area contributed by atoms with Crippen LogP contribution in [-0.2, 0) is 14.3 Å². The van der Waals surface area contributed by atoms with E-state index in [0.29, 0.717) is 10.7 Å². The maximum absolute atomic E-state index is 12.2. The molecule has 0 aliphatic carbocycles. The minimum Gasteiger partial charge on any atom is -0.459 e. The van der Waals surface area contributed by atoms with Gasteiger partial charge in [-0.25, -0.2) is 4.79 Å². The molecule has 0 bridgehead atoms. The average Bonchev–Trinajstić information content (AvgIpc) is 3.12. The number of benzene rings is 1. The van der Waals surface area contributed by atoms with Gasteiger partial charge in [-0.1, -0.05) is 31.5 Å². The molecule has 0 saturated carbocycles. The van der Waals surface area contributed by atoms with Gasteiger partial charge >= 0.3 is 5.97 Å². The summed E-state index contributed by atoms with van der Waals surface area (Å²) in [6.07, 6.45) is 1.36. The number of furan rings is 1. The molecule has 1 aromatic heterocycles. The molecule has 0 aliphatic rings. The minimum absolute atomic E-state index is 0.0853. The highest BCUT2D eigenvalue weighted by atomic mass is 35.5. The van der Waals surface area contributed by atoms with E-state index >= 15 is 0 Å². The van der Waals surface area contributed by atoms with Crippen molar-refractivity contribution in [1.82, 2.24) is 5.32 Å². The quantitative estimate of drug-likeness (QED) is 0.722. The number of ether oxygens (including phenoxy) is 1. The third-order valence-corrected chi connectivity index (χ3v) is 3.64. The Morgan fingerprint density at radius 1 is 1.19 bits per heavy atom. The number of nitrogens with one attached hydrogen (secondary N) is 2. The fourth-order valence-electron chi connectivity index (χ4n) is 2.11. The minimum atomic E-state index is -0.911. The molecular weight excluding hydrogens is 360 g/mol. The molecule has 1 unspecified atom stereocenters. The van der Waals surface area contributed by atoms with Gasteiger partial charge in [0.2, 0.25) is 0 Å². The highest BCUT2D eigenvalue weighted by Crippen LogP contribution is 2.14. The van der Waals surface area contributed by atoms with E-state index in [0.717, 1.165) is 0 Å². The third kappa shape index (κ3) is 5.63. The highest BCUT2D eigenvalue weighted by Gasteiger charge is 2.27. The van der Waals surface area contributed by atoms with Gasteiger partial charge in [0.05, 0.1) is 6.26 Å². The molecule has 0 spiro atoms. The molecule has 0 radical (unpaired) electrons. The van der Waals surface area contributed by atoms with Gasteiger partial charge in [-0.05, 0) is 36.2 Å². The van der Waals surface area contributed by atoms with Gasteiger partial charge in [-0.15, -0.1) is 0 Å². The van der Waals surface area contributed by atoms with Crippen molar-refractivity contribution in [3.05, 3.63) is 53.4 Å². The van der Waals surface area contributed by atoms with Gasteiger partial charge in [0.1, 0.15) is 6.04 Å². The van der Waals surface area contributed by atoms with Crippen molar-refractivity contribution in [2.45, 2.75) is 19.9 Å². The van der Waals surface area contributed by atoms with Crippen LogP contribution in [0.15, 0.2) is 47.1 Å². The molecule has 26 heavy (non-hydrogen) atoms. The molecule has 138 valence electrons. The predicted molar refractivity (Wildman–Crippen MR) is 95.8 cm³/mol. The first-order valence-corrected chi connectivity index (χ1v) is 8.31. The van der Waals surface area contributed by atoms with Crippen molar-refractivity contribution in [3.63, 3.8) is 0 Å². The standard InChI is InChI=1S/C18H19ClN2O5/c1-11(2)16(21-17(23)14-7-4-8-25-14)18(24)26-10-15(22)20-13-6-3-5-12(19)9-13/h3-9,11,16H,10H2,1-2H3,(H,20,22)(H,21,23). The second-order valence-electron chi connectivity index (χ2n) is 5.84. The number of halogens is 1. The lowest BCUT2D eigenvalue weighted by molar-refractivity contribution is -0.150. The van der Waals surface area contributed by atoms with Crippen LogP contribution in [0, 0.1) is 5.92 Å². The summed E-state index contributed by atoms with van der Waals surface area (Å²) < 4.78 is 10.0. The van der Waals surface area contributed by atoms with E-state index in [-0.39, 0.29) is 11.7 Å². The summed E-state index contributed by atoms with van der Waals surface area (Å²) in [7, 11) is 0. The number of carbonyl (C=O) groups is 3. The third-order valence-electron chi connectivity index (χ3n) is 3.41. The Bertz CT molecular complexity index is 774. The number of rotatable bonds is 7. The lowest BCUT2D eigenvalue weighted by Crippen LogP contribution is -2.45. The molecule has 0 aliphatic heterocycles. The Kier molecular flexibility index (Phi) is 6.80. The molecule has 2 aromatic rings. The number of esters is 1. The van der Waals surface area contributed by atoms with Crippen LogP contribution >= 0.6 is 11.6 Å². The summed E-state index contributed by atoms with van der Waals surface area (Å²) in [4.78, 5) is 36.2. The summed E-state index contributed by atoms with van der Waals surface area (Å²) in [5.74, 6) is -1.91. The fourth-order valence-corrected chi connectivity index (χ4v) is 2.30. The Balaban J connectivity index is 1.88. The predicted octanol–water partition coefficient (Wildman–Crippen LogP) is 2.87. The fraction of sp³-hybridized carbons (Fsp3) is 0.278. The molecule has 0 fully saturated rings. The first kappa shape index (κ1) is 19.5. The van der Waals surface area contributed by atoms with E-state index in [9.17, 15) is 14.4 Å². The largest absolute Gasteiger partial charge is 0.459 e. The normalized spacial score (nSPS) is 11.7. The number of carbonyl (C=O) groups excluding carboxylic acids is 3. The zero-order valence-electron chi connectivity index (χ0n) is 14.3. The molecule has 2 amide bonds. The van der Waals surface area contributed by atoms with Gasteiger partial charge in [0, 0.05) is 10.7 Å². The molecule has 1 heterocycles. The maximum Gasteiger partial charge on any atom is 0.329 e. The van der Waals surface area contributed by atoms with E-state index in [1.165, 1.54) is 12.3 Å². The van der Waals surface area contributed by atoms with Crippen LogP contribution in [-0.4, -0.2) is 30.4 Å². The monoisotopic (exact) mass is 378 g/mol. The van der Waals surface area contributed by atoms with Gasteiger partial charge in [0.15, 0.2) is 12.4 Å². The molecular formula is C18H19ClN2O5. The number of amides is 2. The Morgan fingerprint density at radius 3 is 2.58 bits per heavy atom. The van der Waals surface area contributed by atoms with Crippen LogP contribution in [0.3, 0.4) is 0 Å². The molecule has 7 nitrogen and oxygen atoms in total. The van der Waals surface area contributed by atoms with Crippen molar-refractivity contribution >= 4 is 35.1 Å². The summed E-state index contributed by atoms with van der Waals surface area (Å²) >= 11 is 5.84. The molecule has 2 N–H and O–H groups in total. The first-order chi connectivity index (χ1) is 12.4. The zero-order chi connectivity index (χ0) is 19.1. The highest BCUT2D eigenvalue weighted by molar-refractivity contribution is 6.30. The van der Waals surface area contributed by atoms with Gasteiger partial charge in [-0.3, -0.25) is 9.59 Å². The van der Waals surface area contributed by atoms with Crippen molar-refractivity contribution < 1.29 is 23.5 Å². The topological polar surface area (TPSA) is 97.6 Å². The van der Waals surface area contributed by atoms with E-state index in [2.05, 4.69) is 10.6 Å². The van der Waals surface area contributed by atoms with Crippen molar-refractivity contribution in [2.24, 2.45) is 5.92 Å². The number of hydrogen-bond donors (Lipinski definition) is 2. The van der Waals surface area contributed by atoms with Crippen LogP contribution in [0.4, 0.5) is 5.69 Å². The van der Waals surface area contributed by atoms with Crippen LogP contribution in [0.5, 0.6) is 0 Å². The SMILES string of the molecule is CC(C)C(NC(=O)c1ccco1)C(=O)OCC(=O)Nc1cccc(Cl)c1. The van der Waals surface area contributed by atoms with E-state index < -0.39 is 30.4 Å². The van der Waals surface area contributed by atoms with E-state index in [1.807, 2.05) is 0 Å². The van der Waals surface area contributed by atoms with Crippen LogP contribution in [0.25, 0.3) is 0 Å². The van der Waals surface area contributed by atoms with Crippen LogP contribution < -0.4 is 10.6 Å². The zero-order valence-corrected chi connectivity index (χ0v) is 15.1. The second kappa shape index (κ2) is 9.05. The van der Waals surface area contributed by atoms with Crippen LogP contribution in [0.2, 0.25) is 5.02 Å². The Hall–Kier alpha value is -2.80. The Morgan fingerprint density at radius 2 is 1.96 bits per heavy atom. The number of anilines is 1. The van der Waals surface area contributed by atoms with Gasteiger partial charge in [0.25, 0.3) is 11.8 Å². The van der Waals surface area contributed by atoms with Gasteiger partial charge in [-0.2, -0.15) is 0 Å². The smallest absolute Gasteiger partial charge is 0.329 e. The summed E-state index contributed by atoms with van der Waals surface area (Å²) in [5.41, 5.74) is 0.491. The maximum atomic E-state index is 12.2. The van der Waals surface area contributed by atoms with Crippen molar-refractivity contribution in [1.29, 1.82) is 0 Å². The molecule has 0 saturated heterocycles. The van der Waals surface area contributed by atoms with Crippen molar-refractivity contribution in [3.8, 4) is 0 Å². The van der Waals surface area contributed by atoms with Crippen LogP contribution in [0.1, 0.15) is 24.4 Å². The summed E-state index contributed by atoms with van der Waals surface area (Å²) in [6, 6.07) is 8.73. The molecule has 1 aromatic carbocycles. The van der Waals surface area contributed by atoms with Crippen molar-refractivity contribution in [2.75, 3.05) is 11.9 Å². The summed E-state index contributed by atoms with van der Waals surface area (Å²) in [6.45, 7) is 3.02. The second-order valence-corrected chi connectivity index (χ2v) is 6.28. The molecule has 8 heteroatoms. The molecule has 1 atom stereocenters. The van der Waals surface area contributed by atoms with E-state index in [1.54, 1.807) is 44.2 Å². The summed E-state index contributed by atoms with van der Waals surface area (Å²) in [5, 5.41) is 5.58. The lowest BCUT2D eigenvalue weighted by atomic mass is 10.0. The Labute approximate surface area is 155 Å². The first-order valence-electron chi connectivity index (χ1n) is 7.93. The molecule has 2 rings (SSSR count). The van der Waals surface area contributed by atoms with Gasteiger partial charge < -0.3 is 19.8 Å².